The quantitative estimate of drug-likeness (QED) is 0.646. The molecule has 1 atom stereocenters. The molecule has 0 saturated heterocycles. The molecule has 0 saturated carbocycles. The summed E-state index contributed by atoms with van der Waals surface area (Å²) in [6.45, 7) is 7.38. The van der Waals surface area contributed by atoms with E-state index in [0.717, 1.165) is 11.1 Å². The van der Waals surface area contributed by atoms with Crippen LogP contribution >= 0.6 is 11.3 Å². The summed E-state index contributed by atoms with van der Waals surface area (Å²) in [6.07, 6.45) is 4.00. The van der Waals surface area contributed by atoms with Crippen LogP contribution in [-0.2, 0) is 11.4 Å². The summed E-state index contributed by atoms with van der Waals surface area (Å²) in [7, 11) is 0. The second-order valence-electron chi connectivity index (χ2n) is 5.15. The van der Waals surface area contributed by atoms with E-state index in [-0.39, 0.29) is 0 Å². The Labute approximate surface area is 123 Å². The zero-order valence-electron chi connectivity index (χ0n) is 11.6. The number of halogens is 1. The van der Waals surface area contributed by atoms with Crippen LogP contribution in [0.15, 0.2) is 23.0 Å². The lowest BCUT2D eigenvalue weighted by atomic mass is 10.3. The van der Waals surface area contributed by atoms with Gasteiger partial charge in [0.15, 0.2) is 5.82 Å². The number of hydrogen-bond acceptors (Lipinski definition) is 5. The first-order chi connectivity index (χ1) is 9.27. The fourth-order valence-corrected chi connectivity index (χ4v) is 2.72. The Kier molecular flexibility index (Phi) is 4.26. The first-order valence-electron chi connectivity index (χ1n) is 5.91. The minimum absolute atomic E-state index is 0.403. The third-order valence-corrected chi connectivity index (χ3v) is 4.92. The summed E-state index contributed by atoms with van der Waals surface area (Å²) in [4.78, 5) is 4.95. The van der Waals surface area contributed by atoms with Crippen LogP contribution in [0, 0.1) is 5.82 Å². The normalized spacial score (nSPS) is 14.6. The van der Waals surface area contributed by atoms with Gasteiger partial charge in [-0.25, -0.2) is 14.1 Å². The molecule has 1 unspecified atom stereocenters. The van der Waals surface area contributed by atoms with Crippen molar-refractivity contribution in [2.24, 2.45) is 4.40 Å². The summed E-state index contributed by atoms with van der Waals surface area (Å²) in [5.74, 6) is -0.416. The largest absolute Gasteiger partial charge is 0.591 e. The Hall–Kier alpha value is -1.25. The van der Waals surface area contributed by atoms with E-state index in [0.29, 0.717) is 10.8 Å². The van der Waals surface area contributed by atoms with Gasteiger partial charge in [-0.2, -0.15) is 5.10 Å². The maximum absolute atomic E-state index is 12.9. The minimum atomic E-state index is -1.31. The standard InChI is InChI=1S/C12H15FN4OS2/c1-8(16-20(18)12(2,3)4)10-6-14-11(19-10)17-7-9(13)5-15-17/h5-7H,1-4H3. The van der Waals surface area contributed by atoms with Gasteiger partial charge in [0.2, 0.25) is 5.13 Å². The zero-order valence-corrected chi connectivity index (χ0v) is 13.3. The average molecular weight is 314 g/mol. The number of thiazole rings is 1. The van der Waals surface area contributed by atoms with E-state index in [9.17, 15) is 8.94 Å². The molecule has 0 aliphatic rings. The van der Waals surface area contributed by atoms with Gasteiger partial charge in [-0.1, -0.05) is 15.7 Å². The third kappa shape index (κ3) is 3.44. The van der Waals surface area contributed by atoms with Gasteiger partial charge in [0.25, 0.3) is 0 Å². The molecule has 0 N–H and O–H groups in total. The molecule has 2 rings (SSSR count). The van der Waals surface area contributed by atoms with Gasteiger partial charge in [0.1, 0.15) is 21.8 Å². The van der Waals surface area contributed by atoms with Crippen LogP contribution in [0.5, 0.6) is 0 Å². The Morgan fingerprint density at radius 2 is 2.15 bits per heavy atom. The maximum Gasteiger partial charge on any atom is 0.210 e. The lowest BCUT2D eigenvalue weighted by Crippen LogP contribution is -2.26. The Balaban J connectivity index is 2.22. The first kappa shape index (κ1) is 15.1. The van der Waals surface area contributed by atoms with E-state index in [1.165, 1.54) is 22.2 Å². The van der Waals surface area contributed by atoms with Crippen LogP contribution in [0.2, 0.25) is 0 Å². The van der Waals surface area contributed by atoms with E-state index in [1.54, 1.807) is 13.1 Å². The van der Waals surface area contributed by atoms with Crippen LogP contribution < -0.4 is 0 Å². The van der Waals surface area contributed by atoms with Gasteiger partial charge in [-0.15, -0.1) is 0 Å². The molecule has 5 nitrogen and oxygen atoms in total. The molecule has 20 heavy (non-hydrogen) atoms. The molecule has 108 valence electrons. The molecule has 0 amide bonds. The average Bonchev–Trinajstić information content (AvgIpc) is 2.95. The summed E-state index contributed by atoms with van der Waals surface area (Å²) in [6, 6.07) is 0. The summed E-state index contributed by atoms with van der Waals surface area (Å²) >= 11 is 0.00288. The Bertz CT molecular complexity index is 629. The van der Waals surface area contributed by atoms with Crippen molar-refractivity contribution in [2.75, 3.05) is 0 Å². The van der Waals surface area contributed by atoms with Crippen molar-refractivity contribution in [3.8, 4) is 5.13 Å². The molecule has 0 aliphatic heterocycles. The predicted octanol–water partition coefficient (Wildman–Crippen LogP) is 2.74. The topological polar surface area (TPSA) is 66.1 Å². The lowest BCUT2D eigenvalue weighted by Gasteiger charge is -2.18. The van der Waals surface area contributed by atoms with Crippen LogP contribution in [-0.4, -0.2) is 29.8 Å². The first-order valence-corrected chi connectivity index (χ1v) is 7.84. The molecule has 8 heteroatoms. The lowest BCUT2D eigenvalue weighted by molar-refractivity contribution is 0.561. The van der Waals surface area contributed by atoms with Crippen LogP contribution in [0.1, 0.15) is 32.6 Å². The smallest absolute Gasteiger partial charge is 0.210 e. The van der Waals surface area contributed by atoms with Gasteiger partial charge in [-0.05, 0) is 27.7 Å². The van der Waals surface area contributed by atoms with E-state index < -0.39 is 21.9 Å². The van der Waals surface area contributed by atoms with E-state index in [1.807, 2.05) is 20.8 Å². The molecule has 0 radical (unpaired) electrons. The second-order valence-corrected chi connectivity index (χ2v) is 8.06. The molecule has 2 heterocycles. The third-order valence-electron chi connectivity index (χ3n) is 2.34. The van der Waals surface area contributed by atoms with Crippen LogP contribution in [0.3, 0.4) is 0 Å². The monoisotopic (exact) mass is 314 g/mol. The zero-order chi connectivity index (χ0) is 14.9. The Morgan fingerprint density at radius 3 is 2.70 bits per heavy atom. The fourth-order valence-electron chi connectivity index (χ4n) is 1.25. The molecule has 0 bridgehead atoms. The van der Waals surface area contributed by atoms with Gasteiger partial charge >= 0.3 is 0 Å². The van der Waals surface area contributed by atoms with Gasteiger partial charge in [0.05, 0.1) is 17.3 Å². The summed E-state index contributed by atoms with van der Waals surface area (Å²) in [5, 5.41) is 4.39. The van der Waals surface area contributed by atoms with Crippen molar-refractivity contribution in [2.45, 2.75) is 32.4 Å². The van der Waals surface area contributed by atoms with Crippen molar-refractivity contribution >= 4 is 28.4 Å². The number of rotatable bonds is 3. The molecule has 2 aromatic heterocycles. The number of hydrogen-bond donors (Lipinski definition) is 0. The molecule has 0 aliphatic carbocycles. The van der Waals surface area contributed by atoms with Crippen molar-refractivity contribution < 1.29 is 8.94 Å². The van der Waals surface area contributed by atoms with E-state index in [4.69, 9.17) is 0 Å². The minimum Gasteiger partial charge on any atom is -0.591 e. The van der Waals surface area contributed by atoms with Gasteiger partial charge in [0, 0.05) is 6.20 Å². The second kappa shape index (κ2) is 5.63. The summed E-state index contributed by atoms with van der Waals surface area (Å²) in [5.41, 5.74) is 0.648. The molecule has 2 aromatic rings. The van der Waals surface area contributed by atoms with Gasteiger partial charge < -0.3 is 4.55 Å². The molecule has 0 aromatic carbocycles. The van der Waals surface area contributed by atoms with Crippen LogP contribution in [0.25, 0.3) is 5.13 Å². The molecule has 0 fully saturated rings. The van der Waals surface area contributed by atoms with Crippen molar-refractivity contribution in [3.05, 3.63) is 29.3 Å². The SMILES string of the molecule is CC(=N[S+]([O-])C(C)(C)C)c1cnc(-n2cc(F)cn2)s1. The molecular weight excluding hydrogens is 299 g/mol. The molecule has 0 spiro atoms. The van der Waals surface area contributed by atoms with Crippen molar-refractivity contribution in [3.63, 3.8) is 0 Å². The number of nitrogens with zero attached hydrogens (tertiary/aromatic N) is 4. The number of aromatic nitrogens is 3. The van der Waals surface area contributed by atoms with Crippen molar-refractivity contribution in [1.29, 1.82) is 0 Å². The van der Waals surface area contributed by atoms with Crippen molar-refractivity contribution in [1.82, 2.24) is 14.8 Å². The highest BCUT2D eigenvalue weighted by molar-refractivity contribution is 7.91. The predicted molar refractivity (Wildman–Crippen MR) is 79.3 cm³/mol. The van der Waals surface area contributed by atoms with Crippen LogP contribution in [0.4, 0.5) is 4.39 Å². The fraction of sp³-hybridized carbons (Fsp3) is 0.417. The van der Waals surface area contributed by atoms with E-state index in [2.05, 4.69) is 14.5 Å². The molecular formula is C12H15FN4OS2. The Morgan fingerprint density at radius 1 is 1.45 bits per heavy atom. The van der Waals surface area contributed by atoms with E-state index >= 15 is 0 Å². The van der Waals surface area contributed by atoms with Gasteiger partial charge in [-0.3, -0.25) is 0 Å². The highest BCUT2D eigenvalue weighted by Gasteiger charge is 2.27. The summed E-state index contributed by atoms with van der Waals surface area (Å²) < 4.78 is 30.0. The maximum atomic E-state index is 12.9. The highest BCUT2D eigenvalue weighted by atomic mass is 32.2. The highest BCUT2D eigenvalue weighted by Crippen LogP contribution is 2.21.